The average Bonchev–Trinajstić information content (AvgIpc) is 2.80. The maximum absolute atomic E-state index is 6.04. The van der Waals surface area contributed by atoms with E-state index in [0.29, 0.717) is 0 Å². The molecule has 14 heavy (non-hydrogen) atoms. The first kappa shape index (κ1) is 9.17. The summed E-state index contributed by atoms with van der Waals surface area (Å²) in [6, 6.07) is 0. The quantitative estimate of drug-likeness (QED) is 0.689. The number of hydrogen-bond donors (Lipinski definition) is 1. The van der Waals surface area contributed by atoms with E-state index in [9.17, 15) is 0 Å². The Morgan fingerprint density at radius 2 is 2.21 bits per heavy atom. The minimum Gasteiger partial charge on any atom is -0.372 e. The Labute approximate surface area is 86.4 Å². The molecular weight excluding hydrogens is 174 g/mol. The molecular formula is C12H21NO. The van der Waals surface area contributed by atoms with Gasteiger partial charge >= 0.3 is 0 Å². The van der Waals surface area contributed by atoms with E-state index in [-0.39, 0.29) is 5.60 Å². The molecule has 4 atom stereocenters. The summed E-state index contributed by atoms with van der Waals surface area (Å²) in [6.45, 7) is 5.34. The highest BCUT2D eigenvalue weighted by molar-refractivity contribution is 5.00. The largest absolute Gasteiger partial charge is 0.372 e. The smallest absolute Gasteiger partial charge is 0.0809 e. The third-order valence-electron chi connectivity index (χ3n) is 4.71. The predicted octanol–water partition coefficient (Wildman–Crippen LogP) is 1.80. The molecule has 0 radical (unpaired) electrons. The molecule has 3 aliphatic rings. The van der Waals surface area contributed by atoms with E-state index in [2.05, 4.69) is 12.2 Å². The molecule has 0 spiro atoms. The Bertz CT molecular complexity index is 222. The van der Waals surface area contributed by atoms with Crippen molar-refractivity contribution in [2.45, 2.75) is 38.2 Å². The van der Waals surface area contributed by atoms with Gasteiger partial charge in [-0.3, -0.25) is 0 Å². The molecule has 2 bridgehead atoms. The summed E-state index contributed by atoms with van der Waals surface area (Å²) in [5.74, 6) is 2.85. The monoisotopic (exact) mass is 195 g/mol. The van der Waals surface area contributed by atoms with Crippen LogP contribution >= 0.6 is 0 Å². The van der Waals surface area contributed by atoms with Crippen molar-refractivity contribution >= 4 is 0 Å². The Balaban J connectivity index is 1.74. The molecule has 2 nitrogen and oxygen atoms in total. The summed E-state index contributed by atoms with van der Waals surface area (Å²) in [5, 5.41) is 3.49. The van der Waals surface area contributed by atoms with Crippen LogP contribution in [0.2, 0.25) is 0 Å². The zero-order valence-electron chi connectivity index (χ0n) is 9.09. The molecule has 0 amide bonds. The number of ether oxygens (including phenoxy) is 1. The first-order chi connectivity index (χ1) is 6.78. The summed E-state index contributed by atoms with van der Waals surface area (Å²) in [5.41, 5.74) is 0.151. The fourth-order valence-electron chi connectivity index (χ4n) is 3.97. The zero-order valence-corrected chi connectivity index (χ0v) is 9.09. The van der Waals surface area contributed by atoms with Crippen LogP contribution in [0.1, 0.15) is 32.6 Å². The second kappa shape index (κ2) is 3.21. The number of morpholine rings is 1. The van der Waals surface area contributed by atoms with Crippen molar-refractivity contribution in [3.05, 3.63) is 0 Å². The predicted molar refractivity (Wildman–Crippen MR) is 56.2 cm³/mol. The topological polar surface area (TPSA) is 21.3 Å². The maximum Gasteiger partial charge on any atom is 0.0809 e. The van der Waals surface area contributed by atoms with E-state index in [4.69, 9.17) is 4.74 Å². The molecule has 1 aliphatic heterocycles. The van der Waals surface area contributed by atoms with Gasteiger partial charge in [0, 0.05) is 13.1 Å². The second-order valence-electron chi connectivity index (χ2n) is 5.62. The molecule has 80 valence electrons. The van der Waals surface area contributed by atoms with E-state index >= 15 is 0 Å². The normalized spacial score (nSPS) is 52.5. The van der Waals surface area contributed by atoms with Gasteiger partial charge in [-0.1, -0.05) is 6.42 Å². The van der Waals surface area contributed by atoms with Gasteiger partial charge in [0.2, 0.25) is 0 Å². The van der Waals surface area contributed by atoms with Crippen LogP contribution in [-0.2, 0) is 4.74 Å². The Morgan fingerprint density at radius 3 is 2.79 bits per heavy atom. The van der Waals surface area contributed by atoms with Gasteiger partial charge < -0.3 is 10.1 Å². The first-order valence-electron chi connectivity index (χ1n) is 6.12. The summed E-state index contributed by atoms with van der Waals surface area (Å²) in [7, 11) is 0. The van der Waals surface area contributed by atoms with Crippen LogP contribution in [0.15, 0.2) is 0 Å². The van der Waals surface area contributed by atoms with Gasteiger partial charge in [0.15, 0.2) is 0 Å². The van der Waals surface area contributed by atoms with Crippen molar-refractivity contribution in [3.63, 3.8) is 0 Å². The van der Waals surface area contributed by atoms with Crippen LogP contribution in [0.3, 0.4) is 0 Å². The van der Waals surface area contributed by atoms with E-state index < -0.39 is 0 Å². The molecule has 4 unspecified atom stereocenters. The molecule has 2 heteroatoms. The minimum atomic E-state index is 0.151. The Kier molecular flexibility index (Phi) is 2.10. The molecule has 0 aromatic carbocycles. The molecule has 3 fully saturated rings. The third-order valence-corrected chi connectivity index (χ3v) is 4.71. The lowest BCUT2D eigenvalue weighted by Gasteiger charge is -2.43. The minimum absolute atomic E-state index is 0.151. The van der Waals surface area contributed by atoms with Crippen LogP contribution in [0.5, 0.6) is 0 Å². The SMILES string of the molecule is CC1(C2CC3CCC2C3)CNCCO1. The van der Waals surface area contributed by atoms with Crippen molar-refractivity contribution < 1.29 is 4.74 Å². The summed E-state index contributed by atoms with van der Waals surface area (Å²) in [4.78, 5) is 0. The molecule has 1 heterocycles. The Hall–Kier alpha value is -0.0800. The fraction of sp³-hybridized carbons (Fsp3) is 1.00. The van der Waals surface area contributed by atoms with E-state index in [1.807, 2.05) is 0 Å². The molecule has 3 rings (SSSR count). The molecule has 2 saturated carbocycles. The van der Waals surface area contributed by atoms with Crippen molar-refractivity contribution in [3.8, 4) is 0 Å². The lowest BCUT2D eigenvalue weighted by molar-refractivity contribution is -0.105. The van der Waals surface area contributed by atoms with Crippen molar-refractivity contribution in [1.82, 2.24) is 5.32 Å². The average molecular weight is 195 g/mol. The standard InChI is InChI=1S/C12H21NO/c1-12(8-13-4-5-14-12)11-7-9-2-3-10(11)6-9/h9-11,13H,2-8H2,1H3. The number of hydrogen-bond acceptors (Lipinski definition) is 2. The van der Waals surface area contributed by atoms with Gasteiger partial charge in [0.05, 0.1) is 12.2 Å². The van der Waals surface area contributed by atoms with Crippen LogP contribution in [0, 0.1) is 17.8 Å². The highest BCUT2D eigenvalue weighted by Gasteiger charge is 2.49. The second-order valence-corrected chi connectivity index (χ2v) is 5.62. The lowest BCUT2D eigenvalue weighted by atomic mass is 9.76. The molecule has 2 aliphatic carbocycles. The summed E-state index contributed by atoms with van der Waals surface area (Å²) >= 11 is 0. The van der Waals surface area contributed by atoms with E-state index in [1.165, 1.54) is 25.7 Å². The van der Waals surface area contributed by atoms with Crippen molar-refractivity contribution in [2.75, 3.05) is 19.7 Å². The van der Waals surface area contributed by atoms with Crippen LogP contribution < -0.4 is 5.32 Å². The van der Waals surface area contributed by atoms with Crippen LogP contribution in [-0.4, -0.2) is 25.3 Å². The van der Waals surface area contributed by atoms with Gasteiger partial charge in [-0.2, -0.15) is 0 Å². The van der Waals surface area contributed by atoms with Crippen LogP contribution in [0.25, 0.3) is 0 Å². The van der Waals surface area contributed by atoms with Crippen molar-refractivity contribution in [2.24, 2.45) is 17.8 Å². The van der Waals surface area contributed by atoms with Gasteiger partial charge in [-0.15, -0.1) is 0 Å². The third kappa shape index (κ3) is 1.31. The van der Waals surface area contributed by atoms with E-state index in [0.717, 1.165) is 37.5 Å². The number of fused-ring (bicyclic) bond motifs is 2. The highest BCUT2D eigenvalue weighted by atomic mass is 16.5. The first-order valence-corrected chi connectivity index (χ1v) is 6.12. The molecule has 1 N–H and O–H groups in total. The van der Waals surface area contributed by atoms with Gasteiger partial charge in [0.25, 0.3) is 0 Å². The van der Waals surface area contributed by atoms with Gasteiger partial charge in [0.1, 0.15) is 0 Å². The van der Waals surface area contributed by atoms with Gasteiger partial charge in [-0.25, -0.2) is 0 Å². The van der Waals surface area contributed by atoms with E-state index in [1.54, 1.807) is 0 Å². The lowest BCUT2D eigenvalue weighted by Crippen LogP contribution is -2.53. The summed E-state index contributed by atoms with van der Waals surface area (Å²) < 4.78 is 6.04. The van der Waals surface area contributed by atoms with Crippen LogP contribution in [0.4, 0.5) is 0 Å². The molecule has 0 aromatic heterocycles. The zero-order chi connectivity index (χ0) is 9.60. The van der Waals surface area contributed by atoms with Crippen molar-refractivity contribution in [1.29, 1.82) is 0 Å². The molecule has 0 aromatic rings. The Morgan fingerprint density at radius 1 is 1.29 bits per heavy atom. The number of rotatable bonds is 1. The summed E-state index contributed by atoms with van der Waals surface area (Å²) in [6.07, 6.45) is 5.88. The number of nitrogens with one attached hydrogen (secondary N) is 1. The molecule has 1 saturated heterocycles. The van der Waals surface area contributed by atoms with Gasteiger partial charge in [-0.05, 0) is 43.9 Å². The maximum atomic E-state index is 6.04. The highest BCUT2D eigenvalue weighted by Crippen LogP contribution is 2.53. The fourth-order valence-corrected chi connectivity index (χ4v) is 3.97.